The van der Waals surface area contributed by atoms with Crippen LogP contribution in [0.2, 0.25) is 0 Å². The molecule has 0 aliphatic heterocycles. The van der Waals surface area contributed by atoms with Crippen molar-refractivity contribution in [2.45, 2.75) is 20.4 Å². The van der Waals surface area contributed by atoms with E-state index in [0.29, 0.717) is 5.69 Å². The maximum atomic E-state index is 12.0. The summed E-state index contributed by atoms with van der Waals surface area (Å²) in [6, 6.07) is 5.66. The Bertz CT molecular complexity index is 1050. The summed E-state index contributed by atoms with van der Waals surface area (Å²) in [5.74, 6) is -0.445. The molecule has 0 saturated carbocycles. The van der Waals surface area contributed by atoms with Gasteiger partial charge < -0.3 is 5.32 Å². The molecule has 0 aliphatic rings. The van der Waals surface area contributed by atoms with E-state index in [4.69, 9.17) is 0 Å². The van der Waals surface area contributed by atoms with Crippen LogP contribution in [0.1, 0.15) is 21.2 Å². The number of nitrogens with zero attached hydrogens (tertiary/aromatic N) is 4. The zero-order valence-electron chi connectivity index (χ0n) is 14.1. The second-order valence-electron chi connectivity index (χ2n) is 5.49. The molecule has 0 aromatic carbocycles. The van der Waals surface area contributed by atoms with Crippen LogP contribution in [-0.4, -0.2) is 37.4 Å². The molecular weight excluding hydrogens is 356 g/mol. The third-order valence-corrected chi connectivity index (χ3v) is 4.62. The number of amides is 1. The fraction of sp³-hybridized carbons (Fsp3) is 0.250. The Morgan fingerprint density at radius 3 is 2.69 bits per heavy atom. The summed E-state index contributed by atoms with van der Waals surface area (Å²) >= 11 is 1.51. The second-order valence-corrected chi connectivity index (χ2v) is 6.69. The van der Waals surface area contributed by atoms with E-state index in [-0.39, 0.29) is 29.9 Å². The van der Waals surface area contributed by atoms with Crippen molar-refractivity contribution in [3.63, 3.8) is 0 Å². The highest BCUT2D eigenvalue weighted by Crippen LogP contribution is 2.27. The normalized spacial score (nSPS) is 10.7. The Kier molecular flexibility index (Phi) is 5.03. The van der Waals surface area contributed by atoms with Crippen molar-refractivity contribution in [1.82, 2.24) is 30.3 Å². The Morgan fingerprint density at radius 1 is 1.23 bits per heavy atom. The number of hydrogen-bond donors (Lipinski definition) is 2. The number of carbonyl (C=O) groups excluding carboxylic acids is 1. The van der Waals surface area contributed by atoms with Crippen molar-refractivity contribution in [3.8, 4) is 10.6 Å². The highest BCUT2D eigenvalue weighted by Gasteiger charge is 2.11. The minimum Gasteiger partial charge on any atom is -0.349 e. The molecule has 0 radical (unpaired) electrons. The molecule has 10 heteroatoms. The average Bonchev–Trinajstić information content (AvgIpc) is 2.95. The van der Waals surface area contributed by atoms with E-state index in [1.54, 1.807) is 6.07 Å². The van der Waals surface area contributed by atoms with E-state index < -0.39 is 5.91 Å². The number of rotatable bonds is 5. The van der Waals surface area contributed by atoms with Crippen LogP contribution in [0.3, 0.4) is 0 Å². The fourth-order valence-corrected chi connectivity index (χ4v) is 3.22. The number of aromatic nitrogens is 5. The molecule has 0 bridgehead atoms. The Morgan fingerprint density at radius 2 is 2.04 bits per heavy atom. The van der Waals surface area contributed by atoms with E-state index in [0.717, 1.165) is 15.6 Å². The molecule has 2 N–H and O–H groups in total. The van der Waals surface area contributed by atoms with Crippen molar-refractivity contribution in [2.75, 3.05) is 6.54 Å². The molecule has 3 aromatic heterocycles. The number of H-pyrrole nitrogens is 1. The Labute approximate surface area is 151 Å². The summed E-state index contributed by atoms with van der Waals surface area (Å²) in [4.78, 5) is 40.2. The van der Waals surface area contributed by atoms with Gasteiger partial charge in [0.1, 0.15) is 11.4 Å². The van der Waals surface area contributed by atoms with Crippen molar-refractivity contribution in [1.29, 1.82) is 0 Å². The molecular formula is C16H16N6O3S. The topological polar surface area (TPSA) is 123 Å². The van der Waals surface area contributed by atoms with Crippen LogP contribution in [-0.2, 0) is 6.54 Å². The van der Waals surface area contributed by atoms with Gasteiger partial charge in [-0.25, -0.2) is 14.8 Å². The molecule has 3 aromatic rings. The Hall–Kier alpha value is -3.14. The number of aromatic amines is 1. The van der Waals surface area contributed by atoms with E-state index >= 15 is 0 Å². The maximum absolute atomic E-state index is 12.0. The predicted molar refractivity (Wildman–Crippen MR) is 96.3 cm³/mol. The molecule has 0 aliphatic carbocycles. The highest BCUT2D eigenvalue weighted by atomic mass is 32.1. The van der Waals surface area contributed by atoms with Crippen LogP contribution in [0.5, 0.6) is 0 Å². The summed E-state index contributed by atoms with van der Waals surface area (Å²) in [5, 5.41) is 13.8. The standard InChI is InChI=1S/C16H16N6O3S/c1-9-15(26-10(2)18-9)11-4-6-14(24)22(21-11)8-7-17-16(25)12-3-5-13(23)20-19-12/h3-6H,7-8H2,1-2H3,(H,17,25)(H,20,23). The highest BCUT2D eigenvalue weighted by molar-refractivity contribution is 7.15. The van der Waals surface area contributed by atoms with Crippen LogP contribution in [0.4, 0.5) is 0 Å². The second kappa shape index (κ2) is 7.40. The quantitative estimate of drug-likeness (QED) is 0.672. The van der Waals surface area contributed by atoms with Gasteiger partial charge in [-0.15, -0.1) is 11.3 Å². The van der Waals surface area contributed by atoms with Crippen LogP contribution in [0.25, 0.3) is 10.6 Å². The van der Waals surface area contributed by atoms with Crippen LogP contribution in [0.15, 0.2) is 33.9 Å². The number of thiazole rings is 1. The largest absolute Gasteiger partial charge is 0.349 e. The summed E-state index contributed by atoms with van der Waals surface area (Å²) in [5.41, 5.74) is 0.977. The van der Waals surface area contributed by atoms with E-state index in [1.165, 1.54) is 34.2 Å². The summed E-state index contributed by atoms with van der Waals surface area (Å²) in [7, 11) is 0. The minimum atomic E-state index is -0.445. The van der Waals surface area contributed by atoms with Gasteiger partial charge in [-0.05, 0) is 26.0 Å². The summed E-state index contributed by atoms with van der Waals surface area (Å²) < 4.78 is 1.30. The van der Waals surface area contributed by atoms with Crippen LogP contribution < -0.4 is 16.4 Å². The molecule has 1 amide bonds. The molecule has 0 unspecified atom stereocenters. The zero-order valence-corrected chi connectivity index (χ0v) is 15.0. The lowest BCUT2D eigenvalue weighted by Gasteiger charge is -2.07. The molecule has 9 nitrogen and oxygen atoms in total. The SMILES string of the molecule is Cc1nc(C)c(-c2ccc(=O)n(CCNC(=O)c3ccc(=O)[nH]n3)n2)s1. The number of nitrogens with one attached hydrogen (secondary N) is 2. The number of hydrogen-bond acceptors (Lipinski definition) is 7. The van der Waals surface area contributed by atoms with Gasteiger partial charge in [0.05, 0.1) is 22.1 Å². The number of aryl methyl sites for hydroxylation is 2. The van der Waals surface area contributed by atoms with E-state index in [2.05, 4.69) is 25.6 Å². The van der Waals surface area contributed by atoms with Crippen LogP contribution in [0, 0.1) is 13.8 Å². The van der Waals surface area contributed by atoms with Crippen molar-refractivity contribution in [2.24, 2.45) is 0 Å². The van der Waals surface area contributed by atoms with Crippen molar-refractivity contribution in [3.05, 3.63) is 61.4 Å². The molecule has 3 rings (SSSR count). The first-order valence-corrected chi connectivity index (χ1v) is 8.62. The monoisotopic (exact) mass is 372 g/mol. The summed E-state index contributed by atoms with van der Waals surface area (Å²) in [6.07, 6.45) is 0. The summed E-state index contributed by atoms with van der Waals surface area (Å²) in [6.45, 7) is 4.21. The predicted octanol–water partition coefficient (Wildman–Crippen LogP) is 0.497. The first-order chi connectivity index (χ1) is 12.4. The van der Waals surface area contributed by atoms with Gasteiger partial charge in [-0.3, -0.25) is 14.4 Å². The molecule has 134 valence electrons. The minimum absolute atomic E-state index is 0.0921. The molecule has 3 heterocycles. The molecule has 0 saturated heterocycles. The smallest absolute Gasteiger partial charge is 0.271 e. The third-order valence-electron chi connectivity index (χ3n) is 3.52. The Balaban J connectivity index is 1.70. The maximum Gasteiger partial charge on any atom is 0.271 e. The lowest BCUT2D eigenvalue weighted by molar-refractivity contribution is 0.0945. The van der Waals surface area contributed by atoms with Gasteiger partial charge >= 0.3 is 0 Å². The lowest BCUT2D eigenvalue weighted by atomic mass is 10.3. The molecule has 26 heavy (non-hydrogen) atoms. The van der Waals surface area contributed by atoms with Gasteiger partial charge in [0.15, 0.2) is 0 Å². The van der Waals surface area contributed by atoms with Crippen molar-refractivity contribution >= 4 is 17.2 Å². The number of carbonyl (C=O) groups is 1. The van der Waals surface area contributed by atoms with E-state index in [9.17, 15) is 14.4 Å². The zero-order chi connectivity index (χ0) is 18.7. The third kappa shape index (κ3) is 3.91. The van der Waals surface area contributed by atoms with Crippen molar-refractivity contribution < 1.29 is 4.79 Å². The van der Waals surface area contributed by atoms with E-state index in [1.807, 2.05) is 13.8 Å². The van der Waals surface area contributed by atoms with Crippen LogP contribution >= 0.6 is 11.3 Å². The van der Waals surface area contributed by atoms with Gasteiger partial charge in [-0.1, -0.05) is 0 Å². The fourth-order valence-electron chi connectivity index (χ4n) is 2.34. The average molecular weight is 372 g/mol. The van der Waals surface area contributed by atoms with Gasteiger partial charge in [0, 0.05) is 18.7 Å². The van der Waals surface area contributed by atoms with Gasteiger partial charge in [-0.2, -0.15) is 10.2 Å². The molecule has 0 atom stereocenters. The molecule has 0 fully saturated rings. The first kappa shape index (κ1) is 17.7. The molecule has 0 spiro atoms. The lowest BCUT2D eigenvalue weighted by Crippen LogP contribution is -2.32. The van der Waals surface area contributed by atoms with Gasteiger partial charge in [0.25, 0.3) is 17.0 Å². The first-order valence-electron chi connectivity index (χ1n) is 7.80. The van der Waals surface area contributed by atoms with Gasteiger partial charge in [0.2, 0.25) is 0 Å².